The predicted molar refractivity (Wildman–Crippen MR) is 90.1 cm³/mol. The second kappa shape index (κ2) is 5.60. The van der Waals surface area contributed by atoms with Gasteiger partial charge in [-0.1, -0.05) is 30.0 Å². The number of hydrogen-bond acceptors (Lipinski definition) is 6. The first kappa shape index (κ1) is 14.1. The van der Waals surface area contributed by atoms with Crippen LogP contribution < -0.4 is 10.1 Å². The van der Waals surface area contributed by atoms with Gasteiger partial charge < -0.3 is 15.2 Å². The van der Waals surface area contributed by atoms with Gasteiger partial charge in [-0.25, -0.2) is 9.78 Å². The van der Waals surface area contributed by atoms with Gasteiger partial charge in [-0.15, -0.1) is 11.3 Å². The van der Waals surface area contributed by atoms with E-state index >= 15 is 0 Å². The van der Waals surface area contributed by atoms with E-state index in [-0.39, 0.29) is 5.88 Å². The molecule has 0 bridgehead atoms. The highest BCUT2D eigenvalue weighted by Gasteiger charge is 2.17. The smallest absolute Gasteiger partial charge is 0.449 e. The Kier molecular flexibility index (Phi) is 3.44. The lowest BCUT2D eigenvalue weighted by Gasteiger charge is -2.20. The zero-order chi connectivity index (χ0) is 15.8. The lowest BCUT2D eigenvalue weighted by molar-refractivity contribution is 0.143. The summed E-state index contributed by atoms with van der Waals surface area (Å²) in [6.07, 6.45) is -1.36. The molecule has 1 aliphatic heterocycles. The fourth-order valence-electron chi connectivity index (χ4n) is 2.30. The summed E-state index contributed by atoms with van der Waals surface area (Å²) in [5.74, 6) is 0.0999. The minimum atomic E-state index is -1.36. The Morgan fingerprint density at radius 1 is 1.13 bits per heavy atom. The van der Waals surface area contributed by atoms with Crippen LogP contribution in [0.25, 0.3) is 10.6 Å². The molecule has 7 heteroatoms. The van der Waals surface area contributed by atoms with Crippen molar-refractivity contribution in [1.29, 1.82) is 0 Å². The first-order valence-electron chi connectivity index (χ1n) is 6.74. The fourth-order valence-corrected chi connectivity index (χ4v) is 3.99. The molecule has 0 atom stereocenters. The number of ether oxygens (including phenoxy) is 1. The van der Waals surface area contributed by atoms with Gasteiger partial charge in [-0.3, -0.25) is 0 Å². The van der Waals surface area contributed by atoms with E-state index in [1.54, 1.807) is 17.1 Å². The van der Waals surface area contributed by atoms with Crippen molar-refractivity contribution in [3.63, 3.8) is 0 Å². The van der Waals surface area contributed by atoms with Gasteiger partial charge in [0.15, 0.2) is 0 Å². The molecule has 1 aliphatic rings. The summed E-state index contributed by atoms with van der Waals surface area (Å²) in [6.45, 7) is 0. The number of fused-ring (bicyclic) bond motifs is 2. The lowest BCUT2D eigenvalue weighted by atomic mass is 10.2. The monoisotopic (exact) mass is 342 g/mol. The molecular formula is C16H10N2O3S2. The van der Waals surface area contributed by atoms with E-state index in [9.17, 15) is 4.79 Å². The number of rotatable bonds is 2. The number of carbonyl (C=O) groups is 1. The van der Waals surface area contributed by atoms with Gasteiger partial charge in [0.1, 0.15) is 5.01 Å². The number of aromatic nitrogens is 1. The molecule has 0 spiro atoms. The third-order valence-corrected chi connectivity index (χ3v) is 5.30. The Hall–Kier alpha value is -2.51. The summed E-state index contributed by atoms with van der Waals surface area (Å²) in [7, 11) is 0. The molecule has 0 saturated heterocycles. The third kappa shape index (κ3) is 2.76. The predicted octanol–water partition coefficient (Wildman–Crippen LogP) is 5.08. The summed E-state index contributed by atoms with van der Waals surface area (Å²) in [4.78, 5) is 17.1. The van der Waals surface area contributed by atoms with Crippen molar-refractivity contribution >= 4 is 40.6 Å². The van der Waals surface area contributed by atoms with Gasteiger partial charge in [0.05, 0.1) is 16.8 Å². The van der Waals surface area contributed by atoms with Crippen LogP contribution in [0, 0.1) is 0 Å². The summed E-state index contributed by atoms with van der Waals surface area (Å²) >= 11 is 3.06. The van der Waals surface area contributed by atoms with Crippen LogP contribution in [0.2, 0.25) is 0 Å². The number of thiazole rings is 1. The molecule has 2 aromatic carbocycles. The molecule has 3 aromatic rings. The third-order valence-electron chi connectivity index (χ3n) is 3.28. The van der Waals surface area contributed by atoms with Gasteiger partial charge in [0, 0.05) is 15.4 Å². The quantitative estimate of drug-likeness (QED) is 0.495. The van der Waals surface area contributed by atoms with Crippen molar-refractivity contribution in [2.24, 2.45) is 0 Å². The van der Waals surface area contributed by atoms with Gasteiger partial charge in [0.25, 0.3) is 0 Å². The number of para-hydroxylation sites is 1. The van der Waals surface area contributed by atoms with E-state index in [4.69, 9.17) is 5.11 Å². The zero-order valence-electron chi connectivity index (χ0n) is 11.6. The van der Waals surface area contributed by atoms with Gasteiger partial charge in [-0.05, 0) is 24.3 Å². The molecule has 0 saturated carbocycles. The molecule has 0 amide bonds. The second-order valence-corrected chi connectivity index (χ2v) is 6.73. The number of carboxylic acid groups (broad SMARTS) is 1. The van der Waals surface area contributed by atoms with Gasteiger partial charge >= 0.3 is 6.16 Å². The van der Waals surface area contributed by atoms with Crippen molar-refractivity contribution in [2.45, 2.75) is 9.79 Å². The van der Waals surface area contributed by atoms with E-state index in [2.05, 4.69) is 21.1 Å². The molecule has 4 rings (SSSR count). The van der Waals surface area contributed by atoms with Crippen LogP contribution in [0.4, 0.5) is 16.2 Å². The summed E-state index contributed by atoms with van der Waals surface area (Å²) in [5, 5.41) is 14.3. The minimum absolute atomic E-state index is 0.0999. The SMILES string of the molecule is O=C(O)Oc1csc(-c2ccc3c(c2)Nc2ccccc2S3)n1. The highest BCUT2D eigenvalue weighted by atomic mass is 32.2. The Balaban J connectivity index is 1.66. The first-order valence-corrected chi connectivity index (χ1v) is 8.43. The number of nitrogens with one attached hydrogen (secondary N) is 1. The molecule has 0 aliphatic carbocycles. The highest BCUT2D eigenvalue weighted by Crippen LogP contribution is 2.45. The van der Waals surface area contributed by atoms with Crippen LogP contribution in [0.3, 0.4) is 0 Å². The van der Waals surface area contributed by atoms with Crippen LogP contribution in [0.5, 0.6) is 5.88 Å². The van der Waals surface area contributed by atoms with Crippen LogP contribution in [-0.4, -0.2) is 16.2 Å². The maximum Gasteiger partial charge on any atom is 0.512 e. The van der Waals surface area contributed by atoms with E-state index in [1.807, 2.05) is 36.4 Å². The molecule has 0 unspecified atom stereocenters. The second-order valence-electron chi connectivity index (χ2n) is 4.79. The van der Waals surface area contributed by atoms with Crippen LogP contribution in [0.15, 0.2) is 57.6 Å². The number of hydrogen-bond donors (Lipinski definition) is 2. The molecule has 5 nitrogen and oxygen atoms in total. The number of benzene rings is 2. The Morgan fingerprint density at radius 2 is 1.96 bits per heavy atom. The molecule has 114 valence electrons. The summed E-state index contributed by atoms with van der Waals surface area (Å²) in [6, 6.07) is 14.2. The Labute approximate surface area is 140 Å². The molecule has 0 fully saturated rings. The number of nitrogens with zero attached hydrogens (tertiary/aromatic N) is 1. The highest BCUT2D eigenvalue weighted by molar-refractivity contribution is 7.99. The largest absolute Gasteiger partial charge is 0.512 e. The minimum Gasteiger partial charge on any atom is -0.449 e. The molecule has 2 N–H and O–H groups in total. The van der Waals surface area contributed by atoms with Crippen molar-refractivity contribution < 1.29 is 14.6 Å². The average Bonchev–Trinajstić information content (AvgIpc) is 3.00. The maximum absolute atomic E-state index is 10.6. The normalized spacial score (nSPS) is 12.0. The van der Waals surface area contributed by atoms with E-state index in [1.165, 1.54) is 16.2 Å². The number of anilines is 2. The molecule has 1 aromatic heterocycles. The molecule has 23 heavy (non-hydrogen) atoms. The maximum atomic E-state index is 10.6. The van der Waals surface area contributed by atoms with Gasteiger partial charge in [-0.2, -0.15) is 0 Å². The Bertz CT molecular complexity index is 908. The topological polar surface area (TPSA) is 71.5 Å². The molecule has 0 radical (unpaired) electrons. The van der Waals surface area contributed by atoms with Crippen molar-refractivity contribution in [3.05, 3.63) is 47.8 Å². The molecule has 2 heterocycles. The van der Waals surface area contributed by atoms with Crippen molar-refractivity contribution in [3.8, 4) is 16.5 Å². The van der Waals surface area contributed by atoms with E-state index < -0.39 is 6.16 Å². The van der Waals surface area contributed by atoms with Crippen LogP contribution >= 0.6 is 23.1 Å². The average molecular weight is 342 g/mol. The summed E-state index contributed by atoms with van der Waals surface area (Å²) < 4.78 is 4.57. The Morgan fingerprint density at radius 3 is 2.83 bits per heavy atom. The van der Waals surface area contributed by atoms with Crippen LogP contribution in [-0.2, 0) is 0 Å². The summed E-state index contributed by atoms with van der Waals surface area (Å²) in [5.41, 5.74) is 3.01. The zero-order valence-corrected chi connectivity index (χ0v) is 13.3. The standard InChI is InChI=1S/C16H10N2O3S2/c19-16(20)21-14-8-22-15(18-14)9-5-6-13-11(7-9)17-10-3-1-2-4-12(10)23-13/h1-8,17H,(H,19,20). The van der Waals surface area contributed by atoms with Gasteiger partial charge in [0.2, 0.25) is 5.88 Å². The van der Waals surface area contributed by atoms with Crippen molar-refractivity contribution in [2.75, 3.05) is 5.32 Å². The first-order chi connectivity index (χ1) is 11.2. The molecular weight excluding hydrogens is 332 g/mol. The van der Waals surface area contributed by atoms with E-state index in [0.29, 0.717) is 0 Å². The van der Waals surface area contributed by atoms with E-state index in [0.717, 1.165) is 26.8 Å². The van der Waals surface area contributed by atoms with Crippen LogP contribution in [0.1, 0.15) is 0 Å². The lowest BCUT2D eigenvalue weighted by Crippen LogP contribution is -2.02. The van der Waals surface area contributed by atoms with Crippen molar-refractivity contribution in [1.82, 2.24) is 4.98 Å². The fraction of sp³-hybridized carbons (Fsp3) is 0.